The third-order valence-corrected chi connectivity index (χ3v) is 2.98. The average molecular weight is 229 g/mol. The predicted octanol–water partition coefficient (Wildman–Crippen LogP) is 1.45. The average Bonchev–Trinajstić information content (AvgIpc) is 2.97. The van der Waals surface area contributed by atoms with E-state index < -0.39 is 5.97 Å². The van der Waals surface area contributed by atoms with E-state index in [0.29, 0.717) is 0 Å². The Balaban J connectivity index is 2.00. The third kappa shape index (κ3) is 1.69. The van der Waals surface area contributed by atoms with Crippen molar-refractivity contribution in [2.45, 2.75) is 19.3 Å². The quantitative estimate of drug-likeness (QED) is 0.846. The van der Waals surface area contributed by atoms with Crippen molar-refractivity contribution in [2.24, 2.45) is 0 Å². The maximum atomic E-state index is 10.7. The molecule has 0 saturated heterocycles. The van der Waals surface area contributed by atoms with Gasteiger partial charge in [-0.3, -0.25) is 4.57 Å². The maximum Gasteiger partial charge on any atom is 0.356 e. The van der Waals surface area contributed by atoms with Gasteiger partial charge in [-0.05, 0) is 30.9 Å². The molecule has 0 aromatic carbocycles. The third-order valence-electron chi connectivity index (χ3n) is 2.98. The van der Waals surface area contributed by atoms with Crippen molar-refractivity contribution >= 4 is 5.97 Å². The van der Waals surface area contributed by atoms with Gasteiger partial charge in [0.05, 0.1) is 0 Å². The van der Waals surface area contributed by atoms with Gasteiger partial charge in [-0.15, -0.1) is 0 Å². The number of imidazole rings is 1. The van der Waals surface area contributed by atoms with Crippen LogP contribution < -0.4 is 0 Å². The monoisotopic (exact) mass is 229 g/mol. The van der Waals surface area contributed by atoms with E-state index in [1.165, 1.54) is 18.1 Å². The molecule has 0 saturated carbocycles. The number of nitrogens with zero attached hydrogens (tertiary/aromatic N) is 3. The lowest BCUT2D eigenvalue weighted by atomic mass is 10.2. The fourth-order valence-electron chi connectivity index (χ4n) is 2.11. The van der Waals surface area contributed by atoms with Gasteiger partial charge in [0.15, 0.2) is 5.69 Å². The number of fused-ring (bicyclic) bond motifs is 1. The van der Waals surface area contributed by atoms with Crippen LogP contribution in [0.5, 0.6) is 0 Å². The van der Waals surface area contributed by atoms with Crippen LogP contribution in [0.4, 0.5) is 0 Å². The van der Waals surface area contributed by atoms with E-state index in [0.717, 1.165) is 30.8 Å². The number of rotatable bonds is 2. The Kier molecular flexibility index (Phi) is 2.18. The van der Waals surface area contributed by atoms with Gasteiger partial charge in [0.2, 0.25) is 0 Å². The molecule has 2 aromatic heterocycles. The van der Waals surface area contributed by atoms with Gasteiger partial charge >= 0.3 is 5.97 Å². The summed E-state index contributed by atoms with van der Waals surface area (Å²) in [4.78, 5) is 19.1. The highest BCUT2D eigenvalue weighted by atomic mass is 16.4. The molecule has 17 heavy (non-hydrogen) atoms. The van der Waals surface area contributed by atoms with Crippen molar-refractivity contribution in [1.82, 2.24) is 14.5 Å². The summed E-state index contributed by atoms with van der Waals surface area (Å²) in [5, 5.41) is 8.80. The number of hydrogen-bond donors (Lipinski definition) is 1. The van der Waals surface area contributed by atoms with Gasteiger partial charge in [-0.25, -0.2) is 14.8 Å². The largest absolute Gasteiger partial charge is 0.476 e. The first kappa shape index (κ1) is 10.0. The highest BCUT2D eigenvalue weighted by molar-refractivity contribution is 5.85. The summed E-state index contributed by atoms with van der Waals surface area (Å²) < 4.78 is 1.64. The fraction of sp³-hybridized carbons (Fsp3) is 0.250. The molecule has 1 N–H and O–H groups in total. The van der Waals surface area contributed by atoms with Crippen LogP contribution in [0, 0.1) is 0 Å². The number of carbonyl (C=O) groups is 1. The molecule has 0 spiro atoms. The summed E-state index contributed by atoms with van der Waals surface area (Å²) in [5.74, 6) is -0.296. The van der Waals surface area contributed by atoms with Crippen LogP contribution in [0.3, 0.4) is 0 Å². The summed E-state index contributed by atoms with van der Waals surface area (Å²) in [5.41, 5.74) is 2.45. The van der Waals surface area contributed by atoms with Gasteiger partial charge in [0.25, 0.3) is 0 Å². The summed E-state index contributed by atoms with van der Waals surface area (Å²) in [6.07, 6.45) is 6.20. The SMILES string of the molecule is O=C(O)c1cn(-c2ccc3c(n2)CCC3)cn1. The number of hydrogen-bond acceptors (Lipinski definition) is 3. The van der Waals surface area contributed by atoms with Crippen molar-refractivity contribution in [3.63, 3.8) is 0 Å². The molecule has 2 aromatic rings. The molecule has 0 aliphatic heterocycles. The van der Waals surface area contributed by atoms with Gasteiger partial charge in [-0.2, -0.15) is 0 Å². The Morgan fingerprint density at radius 3 is 3.00 bits per heavy atom. The first-order valence-corrected chi connectivity index (χ1v) is 5.50. The Bertz CT molecular complexity index is 589. The van der Waals surface area contributed by atoms with Crippen LogP contribution in [-0.2, 0) is 12.8 Å². The molecule has 0 unspecified atom stereocenters. The van der Waals surface area contributed by atoms with Crippen LogP contribution in [-0.4, -0.2) is 25.6 Å². The highest BCUT2D eigenvalue weighted by Gasteiger charge is 2.14. The molecular weight excluding hydrogens is 218 g/mol. The van der Waals surface area contributed by atoms with Crippen LogP contribution in [0.1, 0.15) is 28.2 Å². The summed E-state index contributed by atoms with van der Waals surface area (Å²) in [6.45, 7) is 0. The Morgan fingerprint density at radius 1 is 1.35 bits per heavy atom. The minimum Gasteiger partial charge on any atom is -0.476 e. The fourth-order valence-corrected chi connectivity index (χ4v) is 2.11. The zero-order chi connectivity index (χ0) is 11.8. The second-order valence-corrected chi connectivity index (χ2v) is 4.10. The molecule has 0 radical (unpaired) electrons. The second kappa shape index (κ2) is 3.69. The molecule has 0 amide bonds. The molecule has 1 aliphatic carbocycles. The number of carboxylic acid groups (broad SMARTS) is 1. The minimum atomic E-state index is -1.02. The van der Waals surface area contributed by atoms with Crippen molar-refractivity contribution in [1.29, 1.82) is 0 Å². The van der Waals surface area contributed by atoms with Gasteiger partial charge in [-0.1, -0.05) is 6.07 Å². The molecule has 0 fully saturated rings. The first-order valence-electron chi connectivity index (χ1n) is 5.50. The zero-order valence-corrected chi connectivity index (χ0v) is 9.13. The molecule has 2 heterocycles. The van der Waals surface area contributed by atoms with Gasteiger partial charge in [0, 0.05) is 11.9 Å². The highest BCUT2D eigenvalue weighted by Crippen LogP contribution is 2.21. The van der Waals surface area contributed by atoms with Crippen LogP contribution in [0.2, 0.25) is 0 Å². The number of pyridine rings is 1. The van der Waals surface area contributed by atoms with E-state index in [-0.39, 0.29) is 5.69 Å². The van der Waals surface area contributed by atoms with E-state index in [9.17, 15) is 4.79 Å². The molecule has 5 nitrogen and oxygen atoms in total. The predicted molar refractivity (Wildman–Crippen MR) is 60.3 cm³/mol. The maximum absolute atomic E-state index is 10.7. The molecule has 5 heteroatoms. The van der Waals surface area contributed by atoms with Gasteiger partial charge in [0.1, 0.15) is 12.1 Å². The zero-order valence-electron chi connectivity index (χ0n) is 9.13. The summed E-state index contributed by atoms with van der Waals surface area (Å²) >= 11 is 0. The molecule has 3 rings (SSSR count). The van der Waals surface area contributed by atoms with E-state index in [1.807, 2.05) is 6.07 Å². The summed E-state index contributed by atoms with van der Waals surface area (Å²) in [6, 6.07) is 3.96. The number of aryl methyl sites for hydroxylation is 2. The second-order valence-electron chi connectivity index (χ2n) is 4.10. The lowest BCUT2D eigenvalue weighted by Gasteiger charge is -2.03. The van der Waals surface area contributed by atoms with Crippen LogP contribution >= 0.6 is 0 Å². The standard InChI is InChI=1S/C12H11N3O2/c16-12(17)10-6-15(7-13-10)11-5-4-8-2-1-3-9(8)14-11/h4-7H,1-3H2,(H,16,17). The number of carboxylic acids is 1. The van der Waals surface area contributed by atoms with Crippen LogP contribution in [0.15, 0.2) is 24.7 Å². The van der Waals surface area contributed by atoms with Crippen molar-refractivity contribution in [2.75, 3.05) is 0 Å². The topological polar surface area (TPSA) is 68.0 Å². The number of aromatic nitrogens is 3. The van der Waals surface area contributed by atoms with E-state index in [2.05, 4.69) is 16.0 Å². The van der Waals surface area contributed by atoms with Crippen molar-refractivity contribution in [3.8, 4) is 5.82 Å². The Hall–Kier alpha value is -2.17. The first-order chi connectivity index (χ1) is 8.24. The van der Waals surface area contributed by atoms with E-state index >= 15 is 0 Å². The number of aromatic carboxylic acids is 1. The normalized spacial score (nSPS) is 13.6. The minimum absolute atomic E-state index is 0.0345. The van der Waals surface area contributed by atoms with Crippen LogP contribution in [0.25, 0.3) is 5.82 Å². The Morgan fingerprint density at radius 2 is 2.24 bits per heavy atom. The Labute approximate surface area is 97.8 Å². The van der Waals surface area contributed by atoms with E-state index in [4.69, 9.17) is 5.11 Å². The molecular formula is C12H11N3O2. The summed E-state index contributed by atoms with van der Waals surface area (Å²) in [7, 11) is 0. The van der Waals surface area contributed by atoms with Gasteiger partial charge < -0.3 is 5.11 Å². The molecule has 86 valence electrons. The van der Waals surface area contributed by atoms with Crippen molar-refractivity contribution in [3.05, 3.63) is 41.6 Å². The lowest BCUT2D eigenvalue weighted by Crippen LogP contribution is -1.99. The molecule has 0 atom stereocenters. The van der Waals surface area contributed by atoms with Crippen molar-refractivity contribution < 1.29 is 9.90 Å². The molecule has 0 bridgehead atoms. The smallest absolute Gasteiger partial charge is 0.356 e. The van der Waals surface area contributed by atoms with E-state index in [1.54, 1.807) is 4.57 Å². The lowest BCUT2D eigenvalue weighted by molar-refractivity contribution is 0.0691. The molecule has 1 aliphatic rings.